The Morgan fingerprint density at radius 2 is 2.16 bits per heavy atom. The molecule has 7 nitrogen and oxygen atoms in total. The fourth-order valence-corrected chi connectivity index (χ4v) is 2.67. The molecule has 1 aliphatic heterocycles. The van der Waals surface area contributed by atoms with Gasteiger partial charge in [-0.3, -0.25) is 9.59 Å². The number of hydrogen-bond donors (Lipinski definition) is 1. The van der Waals surface area contributed by atoms with Crippen LogP contribution in [0.1, 0.15) is 12.5 Å². The van der Waals surface area contributed by atoms with Gasteiger partial charge in [0.1, 0.15) is 18.9 Å². The van der Waals surface area contributed by atoms with Crippen molar-refractivity contribution in [2.24, 2.45) is 7.05 Å². The highest BCUT2D eigenvalue weighted by Gasteiger charge is 2.24. The van der Waals surface area contributed by atoms with Gasteiger partial charge in [-0.15, -0.1) is 6.42 Å². The lowest BCUT2D eigenvalue weighted by Gasteiger charge is -2.23. The predicted octanol–water partition coefficient (Wildman–Crippen LogP) is 1.35. The fourth-order valence-electron chi connectivity index (χ4n) is 2.67. The lowest BCUT2D eigenvalue weighted by atomic mass is 10.0. The van der Waals surface area contributed by atoms with Crippen molar-refractivity contribution in [2.75, 3.05) is 18.5 Å². The van der Waals surface area contributed by atoms with Crippen LogP contribution in [0.5, 0.6) is 11.5 Å². The van der Waals surface area contributed by atoms with Crippen LogP contribution < -0.4 is 20.3 Å². The van der Waals surface area contributed by atoms with Gasteiger partial charge in [-0.25, -0.2) is 4.68 Å². The molecule has 0 bridgehead atoms. The molecule has 25 heavy (non-hydrogen) atoms. The van der Waals surface area contributed by atoms with Crippen molar-refractivity contribution in [3.8, 4) is 35.1 Å². The van der Waals surface area contributed by atoms with E-state index in [9.17, 15) is 9.59 Å². The summed E-state index contributed by atoms with van der Waals surface area (Å²) >= 11 is 0. The number of nitrogens with zero attached hydrogens (tertiary/aromatic N) is 2. The third-order valence-corrected chi connectivity index (χ3v) is 3.88. The van der Waals surface area contributed by atoms with E-state index in [1.807, 2.05) is 12.8 Å². The second kappa shape index (κ2) is 6.69. The number of hydrogen-bond acceptors (Lipinski definition) is 5. The van der Waals surface area contributed by atoms with E-state index in [0.29, 0.717) is 48.1 Å². The number of carbonyl (C=O) groups excluding carboxylic acids is 1. The minimum Gasteiger partial charge on any atom is -0.486 e. The first kappa shape index (κ1) is 16.6. The second-order valence-electron chi connectivity index (χ2n) is 5.44. The molecule has 1 N–H and O–H groups in total. The Kier molecular flexibility index (Phi) is 4.44. The van der Waals surface area contributed by atoms with Crippen LogP contribution in [0.4, 0.5) is 5.69 Å². The largest absolute Gasteiger partial charge is 0.486 e. The molecular formula is C18H17N3O4. The second-order valence-corrected chi connectivity index (χ2v) is 5.44. The van der Waals surface area contributed by atoms with Crippen LogP contribution in [0.2, 0.25) is 0 Å². The number of ether oxygens (including phenoxy) is 2. The van der Waals surface area contributed by atoms with Crippen LogP contribution in [0.15, 0.2) is 23.0 Å². The molecule has 3 rings (SSSR count). The highest BCUT2D eigenvalue weighted by atomic mass is 16.6. The minimum atomic E-state index is -0.583. The van der Waals surface area contributed by atoms with Crippen LogP contribution in [0.3, 0.4) is 0 Å². The first-order valence-corrected chi connectivity index (χ1v) is 7.83. The molecule has 0 saturated heterocycles. The van der Waals surface area contributed by atoms with E-state index >= 15 is 0 Å². The fraction of sp³-hybridized carbons (Fsp3) is 0.278. The van der Waals surface area contributed by atoms with E-state index in [0.717, 1.165) is 5.56 Å². The number of benzene rings is 1. The SMILES string of the molecule is C#CC(=O)Nc1ccc2c(c1-c1nn(C)c(=O)cc1CC)OCCO2. The molecule has 7 heteroatoms. The van der Waals surface area contributed by atoms with E-state index in [-0.39, 0.29) is 5.56 Å². The Hall–Kier alpha value is -3.27. The van der Waals surface area contributed by atoms with Crippen molar-refractivity contribution in [1.29, 1.82) is 0 Å². The average molecular weight is 339 g/mol. The van der Waals surface area contributed by atoms with Crippen LogP contribution in [-0.4, -0.2) is 28.9 Å². The molecule has 0 radical (unpaired) electrons. The van der Waals surface area contributed by atoms with Gasteiger partial charge >= 0.3 is 0 Å². The Morgan fingerprint density at radius 1 is 1.40 bits per heavy atom. The van der Waals surface area contributed by atoms with Gasteiger partial charge in [-0.2, -0.15) is 5.10 Å². The molecule has 1 aromatic heterocycles. The molecule has 0 saturated carbocycles. The van der Waals surface area contributed by atoms with Gasteiger partial charge in [-0.1, -0.05) is 6.92 Å². The molecule has 2 heterocycles. The smallest absolute Gasteiger partial charge is 0.300 e. The van der Waals surface area contributed by atoms with Crippen LogP contribution >= 0.6 is 0 Å². The number of anilines is 1. The summed E-state index contributed by atoms with van der Waals surface area (Å²) < 4.78 is 12.6. The Labute approximate surface area is 144 Å². The maximum Gasteiger partial charge on any atom is 0.300 e. The molecule has 1 aliphatic rings. The quantitative estimate of drug-likeness (QED) is 0.854. The third kappa shape index (κ3) is 3.06. The summed E-state index contributed by atoms with van der Waals surface area (Å²) in [4.78, 5) is 23.6. The van der Waals surface area contributed by atoms with Gasteiger partial charge in [-0.05, 0) is 30.0 Å². The zero-order valence-corrected chi connectivity index (χ0v) is 14.0. The van der Waals surface area contributed by atoms with Gasteiger partial charge < -0.3 is 14.8 Å². The van der Waals surface area contributed by atoms with Crippen molar-refractivity contribution < 1.29 is 14.3 Å². The summed E-state index contributed by atoms with van der Waals surface area (Å²) in [6.45, 7) is 2.73. The molecule has 0 aliphatic carbocycles. The molecule has 0 atom stereocenters. The molecule has 0 fully saturated rings. The van der Waals surface area contributed by atoms with E-state index < -0.39 is 5.91 Å². The number of fused-ring (bicyclic) bond motifs is 1. The van der Waals surface area contributed by atoms with E-state index in [1.165, 1.54) is 10.7 Å². The van der Waals surface area contributed by atoms with Gasteiger partial charge in [0.2, 0.25) is 0 Å². The van der Waals surface area contributed by atoms with E-state index in [2.05, 4.69) is 10.4 Å². The van der Waals surface area contributed by atoms with Gasteiger partial charge in [0.05, 0.1) is 11.3 Å². The Bertz CT molecular complexity index is 941. The van der Waals surface area contributed by atoms with E-state index in [4.69, 9.17) is 15.9 Å². The number of nitrogens with one attached hydrogen (secondary N) is 1. The lowest BCUT2D eigenvalue weighted by molar-refractivity contribution is -0.111. The summed E-state index contributed by atoms with van der Waals surface area (Å²) in [5, 5.41) is 7.04. The number of aromatic nitrogens is 2. The normalized spacial score (nSPS) is 12.4. The van der Waals surface area contributed by atoms with Crippen molar-refractivity contribution in [3.05, 3.63) is 34.1 Å². The predicted molar refractivity (Wildman–Crippen MR) is 92.7 cm³/mol. The van der Waals surface area contributed by atoms with Crippen molar-refractivity contribution in [1.82, 2.24) is 9.78 Å². The van der Waals surface area contributed by atoms with Crippen LogP contribution in [0.25, 0.3) is 11.3 Å². The first-order valence-electron chi connectivity index (χ1n) is 7.83. The summed E-state index contributed by atoms with van der Waals surface area (Å²) in [6, 6.07) is 4.92. The standard InChI is InChI=1S/C18H17N3O4/c1-4-11-10-15(23)21(3)20-17(11)16-12(19-14(22)5-2)6-7-13-18(16)25-9-8-24-13/h2,6-7,10H,4,8-9H2,1,3H3,(H,19,22). The van der Waals surface area contributed by atoms with Gasteiger partial charge in [0.25, 0.3) is 11.5 Å². The zero-order valence-electron chi connectivity index (χ0n) is 14.0. The highest BCUT2D eigenvalue weighted by Crippen LogP contribution is 2.44. The van der Waals surface area contributed by atoms with Crippen molar-refractivity contribution in [2.45, 2.75) is 13.3 Å². The maximum absolute atomic E-state index is 11.9. The summed E-state index contributed by atoms with van der Waals surface area (Å²) in [6.07, 6.45) is 5.76. The Balaban J connectivity index is 2.30. The monoisotopic (exact) mass is 339 g/mol. The van der Waals surface area contributed by atoms with Gasteiger partial charge in [0.15, 0.2) is 11.5 Å². The zero-order chi connectivity index (χ0) is 18.0. The molecule has 128 valence electrons. The highest BCUT2D eigenvalue weighted by molar-refractivity contribution is 6.06. The molecular weight excluding hydrogens is 322 g/mol. The molecule has 2 aromatic rings. The molecule has 0 spiro atoms. The Morgan fingerprint density at radius 3 is 2.88 bits per heavy atom. The van der Waals surface area contributed by atoms with Gasteiger partial charge in [0, 0.05) is 13.1 Å². The average Bonchev–Trinajstić information content (AvgIpc) is 2.63. The first-order chi connectivity index (χ1) is 12.0. The third-order valence-electron chi connectivity index (χ3n) is 3.88. The molecule has 0 unspecified atom stereocenters. The number of terminal acetylenes is 1. The summed E-state index contributed by atoms with van der Waals surface area (Å²) in [5.41, 5.74) is 2.07. The number of carbonyl (C=O) groups is 1. The van der Waals surface area contributed by atoms with Crippen LogP contribution in [-0.2, 0) is 18.3 Å². The summed E-state index contributed by atoms with van der Waals surface area (Å²) in [5.74, 6) is 2.47. The lowest BCUT2D eigenvalue weighted by Crippen LogP contribution is -2.22. The topological polar surface area (TPSA) is 82.5 Å². The van der Waals surface area contributed by atoms with E-state index in [1.54, 1.807) is 19.2 Å². The maximum atomic E-state index is 11.9. The number of aryl methyl sites for hydroxylation is 2. The number of amides is 1. The van der Waals surface area contributed by atoms with Crippen LogP contribution in [0, 0.1) is 12.3 Å². The molecule has 1 amide bonds. The minimum absolute atomic E-state index is 0.211. The molecule has 1 aromatic carbocycles. The number of rotatable bonds is 3. The summed E-state index contributed by atoms with van der Waals surface area (Å²) in [7, 11) is 1.57. The van der Waals surface area contributed by atoms with Crippen molar-refractivity contribution >= 4 is 11.6 Å². The van der Waals surface area contributed by atoms with Crippen molar-refractivity contribution in [3.63, 3.8) is 0 Å².